The van der Waals surface area contributed by atoms with Crippen molar-refractivity contribution in [3.63, 3.8) is 0 Å². The Bertz CT molecular complexity index is 1520. The molecule has 0 aliphatic carbocycles. The van der Waals surface area contributed by atoms with Gasteiger partial charge in [0.2, 0.25) is 0 Å². The van der Waals surface area contributed by atoms with Crippen molar-refractivity contribution in [1.29, 1.82) is 0 Å². The maximum absolute atomic E-state index is 15.0. The number of anilines is 1. The first-order valence-corrected chi connectivity index (χ1v) is 11.4. The summed E-state index contributed by atoms with van der Waals surface area (Å²) in [4.78, 5) is 20.6. The van der Waals surface area contributed by atoms with Gasteiger partial charge in [-0.2, -0.15) is 8.42 Å². The zero-order valence-electron chi connectivity index (χ0n) is 18.7. The number of aromatic nitrogens is 2. The molecular formula is C22H18F2N4NaO5S. The second-order valence-electron chi connectivity index (χ2n) is 7.04. The van der Waals surface area contributed by atoms with Gasteiger partial charge in [-0.05, 0) is 29.8 Å². The van der Waals surface area contributed by atoms with Crippen LogP contribution in [0.25, 0.3) is 11.0 Å². The van der Waals surface area contributed by atoms with Crippen LogP contribution in [0.2, 0.25) is 0 Å². The Kier molecular flexibility index (Phi) is 8.56. The standard InChI is InChI=1S/C22H18F2N4O5S.Na/c1-25-34(30,31)28-18-5-2-4-13(20(18)24)10-16-17(12-23)15-7-6-14(11-19(15)33-21(16)29)32-22-26-8-3-9-27-22;/h2-9,11,25,28H,10,12H2,1H3;. The van der Waals surface area contributed by atoms with Crippen LogP contribution in [0.5, 0.6) is 11.8 Å². The van der Waals surface area contributed by atoms with Crippen LogP contribution in [-0.4, -0.2) is 55.0 Å². The molecule has 2 heterocycles. The predicted octanol–water partition coefficient (Wildman–Crippen LogP) is 3.07. The van der Waals surface area contributed by atoms with Gasteiger partial charge in [0, 0.05) is 78.0 Å². The van der Waals surface area contributed by atoms with Gasteiger partial charge in [-0.15, -0.1) is 0 Å². The van der Waals surface area contributed by atoms with Crippen molar-refractivity contribution >= 4 is 56.4 Å². The van der Waals surface area contributed by atoms with Crippen molar-refractivity contribution in [2.24, 2.45) is 0 Å². The van der Waals surface area contributed by atoms with Crippen LogP contribution < -0.4 is 19.8 Å². The van der Waals surface area contributed by atoms with Crippen LogP contribution >= 0.6 is 0 Å². The Balaban J connectivity index is 0.00000342. The van der Waals surface area contributed by atoms with E-state index in [4.69, 9.17) is 9.15 Å². The predicted molar refractivity (Wildman–Crippen MR) is 126 cm³/mol. The molecule has 35 heavy (non-hydrogen) atoms. The Morgan fingerprint density at radius 3 is 2.51 bits per heavy atom. The molecule has 4 rings (SSSR count). The van der Waals surface area contributed by atoms with E-state index in [1.165, 1.54) is 55.8 Å². The molecule has 0 spiro atoms. The zero-order valence-corrected chi connectivity index (χ0v) is 21.5. The molecule has 2 N–H and O–H groups in total. The topological polar surface area (TPSA) is 123 Å². The summed E-state index contributed by atoms with van der Waals surface area (Å²) in [6.07, 6.45) is 2.68. The third-order valence-electron chi connectivity index (χ3n) is 4.94. The zero-order chi connectivity index (χ0) is 24.3. The summed E-state index contributed by atoms with van der Waals surface area (Å²) in [5, 5.41) is 0.311. The third kappa shape index (κ3) is 6.03. The number of rotatable bonds is 8. The first-order chi connectivity index (χ1) is 16.3. The number of alkyl halides is 1. The summed E-state index contributed by atoms with van der Waals surface area (Å²) in [6, 6.07) is 10.2. The first kappa shape index (κ1) is 26.7. The molecule has 0 aliphatic rings. The average Bonchev–Trinajstić information content (AvgIpc) is 2.82. The van der Waals surface area contributed by atoms with Crippen molar-refractivity contribution in [2.45, 2.75) is 13.1 Å². The van der Waals surface area contributed by atoms with Gasteiger partial charge >= 0.3 is 11.6 Å². The van der Waals surface area contributed by atoms with Gasteiger partial charge < -0.3 is 9.15 Å². The SMILES string of the molecule is CNS(=O)(=O)Nc1cccc(Cc2c(CF)c3ccc(Oc4ncccn4)cc3oc2=O)c1F.[Na]. The van der Waals surface area contributed by atoms with Gasteiger partial charge in [0.1, 0.15) is 18.0 Å². The molecule has 2 aromatic heterocycles. The smallest absolute Gasteiger partial charge is 0.340 e. The van der Waals surface area contributed by atoms with Gasteiger partial charge in [-0.1, -0.05) is 12.1 Å². The van der Waals surface area contributed by atoms with Crippen molar-refractivity contribution < 1.29 is 26.4 Å². The Hall–Kier alpha value is -2.90. The summed E-state index contributed by atoms with van der Waals surface area (Å²) in [5.74, 6) is -0.618. The number of ether oxygens (including phenoxy) is 1. The van der Waals surface area contributed by atoms with Crippen LogP contribution in [0.15, 0.2) is 64.1 Å². The van der Waals surface area contributed by atoms with Crippen LogP contribution in [0, 0.1) is 5.82 Å². The molecule has 0 fully saturated rings. The van der Waals surface area contributed by atoms with Crippen LogP contribution in [-0.2, 0) is 23.3 Å². The van der Waals surface area contributed by atoms with Gasteiger partial charge in [-0.3, -0.25) is 4.72 Å². The molecule has 0 saturated heterocycles. The Morgan fingerprint density at radius 2 is 1.83 bits per heavy atom. The van der Waals surface area contributed by atoms with Crippen LogP contribution in [0.1, 0.15) is 16.7 Å². The molecule has 2 aromatic carbocycles. The minimum Gasteiger partial charge on any atom is -0.424 e. The summed E-state index contributed by atoms with van der Waals surface area (Å²) in [6.45, 7) is -1.01. The fourth-order valence-corrected chi connectivity index (χ4v) is 3.85. The van der Waals surface area contributed by atoms with E-state index in [0.29, 0.717) is 5.39 Å². The van der Waals surface area contributed by atoms with E-state index in [2.05, 4.69) is 9.97 Å². The maximum atomic E-state index is 15.0. The molecule has 0 saturated carbocycles. The quantitative estimate of drug-likeness (QED) is 0.275. The second-order valence-corrected chi connectivity index (χ2v) is 8.66. The minimum atomic E-state index is -3.96. The first-order valence-electron chi connectivity index (χ1n) is 9.89. The monoisotopic (exact) mass is 511 g/mol. The molecular weight excluding hydrogens is 493 g/mol. The average molecular weight is 511 g/mol. The summed E-state index contributed by atoms with van der Waals surface area (Å²) >= 11 is 0. The van der Waals surface area contributed by atoms with Crippen LogP contribution in [0.4, 0.5) is 14.5 Å². The van der Waals surface area contributed by atoms with E-state index >= 15 is 0 Å². The van der Waals surface area contributed by atoms with Gasteiger partial charge in [0.25, 0.3) is 10.2 Å². The normalized spacial score (nSPS) is 11.2. The molecule has 0 atom stereocenters. The molecule has 9 nitrogen and oxygen atoms in total. The third-order valence-corrected chi connectivity index (χ3v) is 5.96. The van der Waals surface area contributed by atoms with Crippen molar-refractivity contribution in [2.75, 3.05) is 11.8 Å². The molecule has 0 aliphatic heterocycles. The largest absolute Gasteiger partial charge is 0.424 e. The van der Waals surface area contributed by atoms with Gasteiger partial charge in [0.05, 0.1) is 5.69 Å². The number of fused-ring (bicyclic) bond motifs is 1. The number of nitrogens with zero attached hydrogens (tertiary/aromatic N) is 2. The minimum absolute atomic E-state index is 0. The van der Waals surface area contributed by atoms with E-state index in [-0.39, 0.29) is 75.7 Å². The number of hydrogen-bond donors (Lipinski definition) is 2. The molecule has 4 aromatic rings. The second kappa shape index (κ2) is 11.2. The van der Waals surface area contributed by atoms with Crippen molar-refractivity contribution in [3.05, 3.63) is 87.8 Å². The molecule has 0 amide bonds. The van der Waals surface area contributed by atoms with E-state index in [0.717, 1.165) is 0 Å². The fraction of sp³-hybridized carbons (Fsp3) is 0.136. The van der Waals surface area contributed by atoms with Gasteiger partial charge in [-0.25, -0.2) is 28.3 Å². The van der Waals surface area contributed by atoms with Crippen molar-refractivity contribution in [1.82, 2.24) is 14.7 Å². The van der Waals surface area contributed by atoms with E-state index in [1.807, 2.05) is 9.44 Å². The fourth-order valence-electron chi connectivity index (χ4n) is 3.30. The number of halogens is 2. The maximum Gasteiger partial charge on any atom is 0.340 e. The number of nitrogens with one attached hydrogen (secondary N) is 2. The van der Waals surface area contributed by atoms with Gasteiger partial charge in [0.15, 0.2) is 5.82 Å². The summed E-state index contributed by atoms with van der Waals surface area (Å²) in [5.41, 5.74) is -1.15. The Morgan fingerprint density at radius 1 is 1.09 bits per heavy atom. The number of hydrogen-bond acceptors (Lipinski definition) is 7. The van der Waals surface area contributed by atoms with Crippen LogP contribution in [0.3, 0.4) is 0 Å². The summed E-state index contributed by atoms with van der Waals surface area (Å²) in [7, 11) is -2.79. The van der Waals surface area contributed by atoms with E-state index in [1.54, 1.807) is 6.07 Å². The van der Waals surface area contributed by atoms with E-state index in [9.17, 15) is 22.0 Å². The summed E-state index contributed by atoms with van der Waals surface area (Å²) < 4.78 is 67.4. The molecule has 13 heteroatoms. The molecule has 1 radical (unpaired) electrons. The molecule has 0 unspecified atom stereocenters. The Labute approximate surface area is 221 Å². The number of benzene rings is 2. The molecule has 0 bridgehead atoms. The molecule has 177 valence electrons. The van der Waals surface area contributed by atoms with E-state index < -0.39 is 28.3 Å². The van der Waals surface area contributed by atoms with Crippen molar-refractivity contribution in [3.8, 4) is 11.8 Å².